The second-order valence-electron chi connectivity index (χ2n) is 7.16. The highest BCUT2D eigenvalue weighted by atomic mass is 19.1. The van der Waals surface area contributed by atoms with Gasteiger partial charge in [-0.3, -0.25) is 0 Å². The summed E-state index contributed by atoms with van der Waals surface area (Å²) >= 11 is 0. The van der Waals surface area contributed by atoms with Crippen molar-refractivity contribution in [2.75, 3.05) is 5.32 Å². The molecule has 1 aliphatic carbocycles. The number of hydrogen-bond acceptors (Lipinski definition) is 5. The van der Waals surface area contributed by atoms with Crippen molar-refractivity contribution in [3.05, 3.63) is 47.8 Å². The highest BCUT2D eigenvalue weighted by Gasteiger charge is 2.38. The minimum Gasteiger partial charge on any atom is -0.504 e. The predicted octanol–water partition coefficient (Wildman–Crippen LogP) is 3.45. The number of hydrogen-bond donors (Lipinski definition) is 3. The van der Waals surface area contributed by atoms with Gasteiger partial charge in [-0.1, -0.05) is 30.2 Å². The molecule has 1 fully saturated rings. The molecule has 27 heavy (non-hydrogen) atoms. The molecule has 0 atom stereocenters. The molecule has 5 nitrogen and oxygen atoms in total. The summed E-state index contributed by atoms with van der Waals surface area (Å²) in [7, 11) is 0. The summed E-state index contributed by atoms with van der Waals surface area (Å²) in [6.07, 6.45) is 6.51. The second kappa shape index (κ2) is 6.22. The van der Waals surface area contributed by atoms with Gasteiger partial charge in [-0.25, -0.2) is 4.39 Å². The first-order chi connectivity index (χ1) is 12.9. The standard InChI is InChI=1S/C21H18FN3O2/c1-3-12-8-9-16(19(26)17(12)22)18-14-6-4-5-7-15(14)20(25-24-18)23-13-10-21(2,27)11-13/h1,4-9,13,26-27H,10-11H2,2H3,(H,23,25). The van der Waals surface area contributed by atoms with Crippen molar-refractivity contribution in [2.45, 2.75) is 31.4 Å². The number of terminal acetylenes is 1. The topological polar surface area (TPSA) is 78.3 Å². The molecule has 0 amide bonds. The number of fused-ring (bicyclic) bond motifs is 1. The van der Waals surface area contributed by atoms with E-state index in [-0.39, 0.29) is 17.2 Å². The molecule has 0 radical (unpaired) electrons. The van der Waals surface area contributed by atoms with Crippen LogP contribution in [-0.4, -0.2) is 32.1 Å². The normalized spacial score (nSPS) is 21.5. The first-order valence-corrected chi connectivity index (χ1v) is 8.62. The first-order valence-electron chi connectivity index (χ1n) is 8.62. The van der Waals surface area contributed by atoms with Crippen LogP contribution in [0.4, 0.5) is 10.2 Å². The van der Waals surface area contributed by atoms with Crippen LogP contribution in [0.1, 0.15) is 25.3 Å². The van der Waals surface area contributed by atoms with E-state index in [2.05, 4.69) is 21.4 Å². The predicted molar refractivity (Wildman–Crippen MR) is 102 cm³/mol. The maximum absolute atomic E-state index is 14.2. The Morgan fingerprint density at radius 1 is 1.19 bits per heavy atom. The summed E-state index contributed by atoms with van der Waals surface area (Å²) in [5.74, 6) is 1.40. The zero-order valence-electron chi connectivity index (χ0n) is 14.7. The lowest BCUT2D eigenvalue weighted by Gasteiger charge is -2.41. The van der Waals surface area contributed by atoms with E-state index >= 15 is 0 Å². The van der Waals surface area contributed by atoms with Crippen LogP contribution in [0.3, 0.4) is 0 Å². The lowest BCUT2D eigenvalue weighted by atomic mass is 9.77. The van der Waals surface area contributed by atoms with Crippen molar-refractivity contribution in [3.63, 3.8) is 0 Å². The van der Waals surface area contributed by atoms with Gasteiger partial charge in [0.2, 0.25) is 0 Å². The Kier molecular flexibility index (Phi) is 3.97. The Hall–Kier alpha value is -3.17. The molecule has 1 aromatic heterocycles. The van der Waals surface area contributed by atoms with Crippen LogP contribution in [0.5, 0.6) is 5.75 Å². The molecular formula is C21H18FN3O2. The zero-order chi connectivity index (χ0) is 19.2. The Morgan fingerprint density at radius 3 is 2.56 bits per heavy atom. The van der Waals surface area contributed by atoms with Gasteiger partial charge >= 0.3 is 0 Å². The van der Waals surface area contributed by atoms with Gasteiger partial charge < -0.3 is 15.5 Å². The van der Waals surface area contributed by atoms with Crippen LogP contribution in [0.25, 0.3) is 22.0 Å². The van der Waals surface area contributed by atoms with Crippen molar-refractivity contribution >= 4 is 16.6 Å². The summed E-state index contributed by atoms with van der Waals surface area (Å²) in [5.41, 5.74) is -0.0583. The van der Waals surface area contributed by atoms with Gasteiger partial charge in [0.05, 0.1) is 11.2 Å². The van der Waals surface area contributed by atoms with Gasteiger partial charge in [0, 0.05) is 22.4 Å². The third-order valence-corrected chi connectivity index (χ3v) is 4.93. The molecule has 1 aliphatic rings. The van der Waals surface area contributed by atoms with E-state index in [4.69, 9.17) is 6.42 Å². The monoisotopic (exact) mass is 363 g/mol. The smallest absolute Gasteiger partial charge is 0.181 e. The number of aliphatic hydroxyl groups is 1. The maximum atomic E-state index is 14.2. The van der Waals surface area contributed by atoms with E-state index < -0.39 is 17.2 Å². The van der Waals surface area contributed by atoms with E-state index in [0.717, 1.165) is 10.8 Å². The third kappa shape index (κ3) is 2.96. The Labute approximate surface area is 155 Å². The summed E-state index contributed by atoms with van der Waals surface area (Å²) in [6.45, 7) is 1.80. The molecule has 4 rings (SSSR count). The Morgan fingerprint density at radius 2 is 1.89 bits per heavy atom. The number of benzene rings is 2. The van der Waals surface area contributed by atoms with E-state index in [1.54, 1.807) is 13.0 Å². The van der Waals surface area contributed by atoms with Crippen LogP contribution in [0.15, 0.2) is 36.4 Å². The van der Waals surface area contributed by atoms with E-state index in [9.17, 15) is 14.6 Å². The summed E-state index contributed by atoms with van der Waals surface area (Å²) in [4.78, 5) is 0. The average Bonchev–Trinajstić information content (AvgIpc) is 2.63. The van der Waals surface area contributed by atoms with Gasteiger partial charge in [0.15, 0.2) is 17.4 Å². The van der Waals surface area contributed by atoms with Crippen LogP contribution in [0, 0.1) is 18.2 Å². The van der Waals surface area contributed by atoms with Crippen LogP contribution < -0.4 is 5.32 Å². The van der Waals surface area contributed by atoms with Gasteiger partial charge in [0.25, 0.3) is 0 Å². The SMILES string of the molecule is C#Cc1ccc(-c2nnc(NC3CC(C)(O)C3)c3ccccc23)c(O)c1F. The molecule has 3 N–H and O–H groups in total. The fraction of sp³-hybridized carbons (Fsp3) is 0.238. The van der Waals surface area contributed by atoms with E-state index in [1.807, 2.05) is 24.3 Å². The lowest BCUT2D eigenvalue weighted by molar-refractivity contribution is -0.0235. The molecule has 0 saturated heterocycles. The quantitative estimate of drug-likeness (QED) is 0.621. The van der Waals surface area contributed by atoms with Crippen molar-refractivity contribution in [1.29, 1.82) is 0 Å². The molecular weight excluding hydrogens is 345 g/mol. The van der Waals surface area contributed by atoms with Crippen molar-refractivity contribution < 1.29 is 14.6 Å². The number of nitrogens with one attached hydrogen (secondary N) is 1. The van der Waals surface area contributed by atoms with Crippen LogP contribution in [-0.2, 0) is 0 Å². The van der Waals surface area contributed by atoms with Crippen molar-refractivity contribution in [1.82, 2.24) is 10.2 Å². The summed E-state index contributed by atoms with van der Waals surface area (Å²) in [6, 6.07) is 10.5. The molecule has 1 saturated carbocycles. The second-order valence-corrected chi connectivity index (χ2v) is 7.16. The van der Waals surface area contributed by atoms with E-state index in [0.29, 0.717) is 24.4 Å². The number of nitrogens with zero attached hydrogens (tertiary/aromatic N) is 2. The first kappa shape index (κ1) is 17.3. The summed E-state index contributed by atoms with van der Waals surface area (Å²) < 4.78 is 14.2. The largest absolute Gasteiger partial charge is 0.504 e. The summed E-state index contributed by atoms with van der Waals surface area (Å²) in [5, 5.41) is 33.5. The van der Waals surface area contributed by atoms with Crippen LogP contribution in [0.2, 0.25) is 0 Å². The highest BCUT2D eigenvalue weighted by Crippen LogP contribution is 2.38. The van der Waals surface area contributed by atoms with Gasteiger partial charge in [0.1, 0.15) is 5.69 Å². The number of halogens is 1. The average molecular weight is 363 g/mol. The molecule has 0 spiro atoms. The van der Waals surface area contributed by atoms with Gasteiger partial charge in [-0.15, -0.1) is 16.6 Å². The Bertz CT molecular complexity index is 1080. The number of phenolic OH excluding ortho intramolecular Hbond substituents is 1. The molecule has 0 bridgehead atoms. The van der Waals surface area contributed by atoms with Gasteiger partial charge in [-0.2, -0.15) is 0 Å². The molecule has 1 heterocycles. The fourth-order valence-electron chi connectivity index (χ4n) is 3.57. The number of aromatic nitrogens is 2. The maximum Gasteiger partial charge on any atom is 0.181 e. The zero-order valence-corrected chi connectivity index (χ0v) is 14.7. The molecule has 3 aromatic rings. The molecule has 0 unspecified atom stereocenters. The minimum atomic E-state index is -0.847. The number of phenols is 1. The number of anilines is 1. The lowest BCUT2D eigenvalue weighted by Crippen LogP contribution is -2.48. The minimum absolute atomic E-state index is 0.0103. The molecule has 0 aliphatic heterocycles. The highest BCUT2D eigenvalue weighted by molar-refractivity contribution is 6.01. The van der Waals surface area contributed by atoms with E-state index in [1.165, 1.54) is 6.07 Å². The molecule has 136 valence electrons. The molecule has 2 aromatic carbocycles. The van der Waals surface area contributed by atoms with Gasteiger partial charge in [-0.05, 0) is 31.9 Å². The number of aromatic hydroxyl groups is 1. The number of rotatable bonds is 3. The third-order valence-electron chi connectivity index (χ3n) is 4.93. The van der Waals surface area contributed by atoms with Crippen molar-refractivity contribution in [3.8, 4) is 29.4 Å². The molecule has 6 heteroatoms. The Balaban J connectivity index is 1.79. The fourth-order valence-corrected chi connectivity index (χ4v) is 3.57. The van der Waals surface area contributed by atoms with Crippen LogP contribution >= 0.6 is 0 Å². The van der Waals surface area contributed by atoms with Crippen molar-refractivity contribution in [2.24, 2.45) is 0 Å².